The monoisotopic (exact) mass is 266 g/mol. The first-order valence-electron chi connectivity index (χ1n) is 6.66. The maximum atomic E-state index is 11.9. The highest BCUT2D eigenvalue weighted by atomic mass is 16.5. The molecule has 2 rings (SSSR count). The molecule has 0 heterocycles. The zero-order chi connectivity index (χ0) is 14.4. The van der Waals surface area contributed by atoms with Gasteiger partial charge in [-0.15, -0.1) is 0 Å². The molecule has 0 radical (unpaired) electrons. The Morgan fingerprint density at radius 1 is 1.00 bits per heavy atom. The molecule has 0 aliphatic rings. The smallest absolute Gasteiger partial charge is 0.331 e. The summed E-state index contributed by atoms with van der Waals surface area (Å²) >= 11 is 0. The first-order valence-corrected chi connectivity index (χ1v) is 6.66. The van der Waals surface area contributed by atoms with Gasteiger partial charge >= 0.3 is 5.97 Å². The number of carbonyl (C=O) groups excluding carboxylic acids is 1. The molecule has 1 atom stereocenters. The lowest BCUT2D eigenvalue weighted by molar-refractivity contribution is -0.142. The summed E-state index contributed by atoms with van der Waals surface area (Å²) in [5, 5.41) is 0. The molecule has 0 N–H and O–H groups in total. The van der Waals surface area contributed by atoms with E-state index in [0.29, 0.717) is 0 Å². The number of carbonyl (C=O) groups is 1. The summed E-state index contributed by atoms with van der Waals surface area (Å²) in [6, 6.07) is 19.5. The van der Waals surface area contributed by atoms with E-state index >= 15 is 0 Å². The summed E-state index contributed by atoms with van der Waals surface area (Å²) in [6.45, 7) is 3.78. The molecule has 20 heavy (non-hydrogen) atoms. The Morgan fingerprint density at radius 3 is 2.15 bits per heavy atom. The molecule has 0 spiro atoms. The van der Waals surface area contributed by atoms with Gasteiger partial charge in [0.15, 0.2) is 0 Å². The number of hydrogen-bond acceptors (Lipinski definition) is 2. The fraction of sp³-hybridized carbons (Fsp3) is 0.167. The summed E-state index contributed by atoms with van der Waals surface area (Å²) in [7, 11) is 0. The van der Waals surface area contributed by atoms with Crippen LogP contribution in [0.3, 0.4) is 0 Å². The highest BCUT2D eigenvalue weighted by Gasteiger charge is 2.09. The van der Waals surface area contributed by atoms with Crippen LogP contribution in [0.15, 0.2) is 66.7 Å². The first-order chi connectivity index (χ1) is 9.66. The third kappa shape index (κ3) is 3.82. The maximum absolute atomic E-state index is 11.9. The second kappa shape index (κ2) is 6.71. The largest absolute Gasteiger partial charge is 0.455 e. The summed E-state index contributed by atoms with van der Waals surface area (Å²) in [5.41, 5.74) is 2.92. The topological polar surface area (TPSA) is 26.3 Å². The minimum Gasteiger partial charge on any atom is -0.455 e. The van der Waals surface area contributed by atoms with Crippen molar-refractivity contribution in [1.82, 2.24) is 0 Å². The van der Waals surface area contributed by atoms with E-state index in [1.54, 1.807) is 0 Å². The van der Waals surface area contributed by atoms with E-state index in [9.17, 15) is 4.79 Å². The van der Waals surface area contributed by atoms with Gasteiger partial charge in [-0.25, -0.2) is 4.79 Å². The van der Waals surface area contributed by atoms with Gasteiger partial charge in [0.05, 0.1) is 0 Å². The van der Waals surface area contributed by atoms with Crippen molar-refractivity contribution in [3.05, 3.63) is 77.9 Å². The van der Waals surface area contributed by atoms with Gasteiger partial charge in [0, 0.05) is 6.08 Å². The number of benzene rings is 2. The number of esters is 1. The zero-order valence-corrected chi connectivity index (χ0v) is 11.7. The van der Waals surface area contributed by atoms with Crippen LogP contribution in [0.1, 0.15) is 31.1 Å². The molecule has 0 saturated heterocycles. The van der Waals surface area contributed by atoms with E-state index in [1.165, 1.54) is 6.08 Å². The Balaban J connectivity index is 2.02. The highest BCUT2D eigenvalue weighted by molar-refractivity contribution is 5.91. The van der Waals surface area contributed by atoms with Crippen molar-refractivity contribution in [2.75, 3.05) is 0 Å². The molecule has 0 amide bonds. The van der Waals surface area contributed by atoms with Crippen LogP contribution in [0.5, 0.6) is 0 Å². The van der Waals surface area contributed by atoms with Gasteiger partial charge in [0.2, 0.25) is 0 Å². The van der Waals surface area contributed by atoms with E-state index in [2.05, 4.69) is 0 Å². The molecule has 2 aromatic carbocycles. The molecule has 0 aliphatic heterocycles. The summed E-state index contributed by atoms with van der Waals surface area (Å²) < 4.78 is 5.41. The highest BCUT2D eigenvalue weighted by Crippen LogP contribution is 2.18. The van der Waals surface area contributed by atoms with Crippen molar-refractivity contribution >= 4 is 11.5 Å². The quantitative estimate of drug-likeness (QED) is 0.606. The molecule has 0 bridgehead atoms. The van der Waals surface area contributed by atoms with Crippen LogP contribution < -0.4 is 0 Å². The molecular formula is C18H18O2. The zero-order valence-electron chi connectivity index (χ0n) is 11.7. The molecule has 2 aromatic rings. The van der Waals surface area contributed by atoms with Crippen molar-refractivity contribution in [2.24, 2.45) is 0 Å². The number of hydrogen-bond donors (Lipinski definition) is 0. The van der Waals surface area contributed by atoms with E-state index in [4.69, 9.17) is 4.74 Å². The van der Waals surface area contributed by atoms with Crippen LogP contribution in [0, 0.1) is 0 Å². The van der Waals surface area contributed by atoms with Crippen LogP contribution in [0.25, 0.3) is 5.57 Å². The van der Waals surface area contributed by atoms with Crippen LogP contribution in [0.2, 0.25) is 0 Å². The van der Waals surface area contributed by atoms with Crippen LogP contribution in [0.4, 0.5) is 0 Å². The molecule has 2 heteroatoms. The molecular weight excluding hydrogens is 248 g/mol. The Kier molecular flexibility index (Phi) is 4.72. The molecule has 0 aliphatic carbocycles. The van der Waals surface area contributed by atoms with E-state index < -0.39 is 0 Å². The van der Waals surface area contributed by atoms with Crippen molar-refractivity contribution in [2.45, 2.75) is 20.0 Å². The van der Waals surface area contributed by atoms with Crippen molar-refractivity contribution < 1.29 is 9.53 Å². The Labute approximate surface area is 119 Å². The lowest BCUT2D eigenvalue weighted by atomic mass is 10.1. The first kappa shape index (κ1) is 14.1. The summed E-state index contributed by atoms with van der Waals surface area (Å²) in [4.78, 5) is 11.9. The SMILES string of the molecule is C/C(=C\C(=O)O[C@H](C)c1ccccc1)c1ccccc1. The molecule has 0 aromatic heterocycles. The van der Waals surface area contributed by atoms with Crippen molar-refractivity contribution in [1.29, 1.82) is 0 Å². The molecule has 2 nitrogen and oxygen atoms in total. The lowest BCUT2D eigenvalue weighted by Crippen LogP contribution is -2.06. The predicted octanol–water partition coefficient (Wildman–Crippen LogP) is 4.39. The van der Waals surface area contributed by atoms with Gasteiger partial charge in [0.25, 0.3) is 0 Å². The minimum atomic E-state index is -0.317. The minimum absolute atomic E-state index is 0.247. The van der Waals surface area contributed by atoms with E-state index in [0.717, 1.165) is 16.7 Å². The van der Waals surface area contributed by atoms with E-state index in [1.807, 2.05) is 74.5 Å². The Morgan fingerprint density at radius 2 is 1.55 bits per heavy atom. The standard InChI is InChI=1S/C18H18O2/c1-14(16-9-5-3-6-10-16)13-18(19)20-15(2)17-11-7-4-8-12-17/h3-13,15H,1-2H3/b14-13+/t15-/m1/s1. The number of allylic oxidation sites excluding steroid dienone is 1. The third-order valence-electron chi connectivity index (χ3n) is 3.13. The third-order valence-corrected chi connectivity index (χ3v) is 3.13. The normalized spacial score (nSPS) is 12.8. The Bertz CT molecular complexity index is 585. The summed E-state index contributed by atoms with van der Waals surface area (Å²) in [6.07, 6.45) is 1.29. The number of rotatable bonds is 4. The number of ether oxygens (including phenoxy) is 1. The van der Waals surface area contributed by atoms with Gasteiger partial charge in [-0.2, -0.15) is 0 Å². The van der Waals surface area contributed by atoms with Gasteiger partial charge in [0.1, 0.15) is 6.10 Å². The maximum Gasteiger partial charge on any atom is 0.331 e. The second-order valence-corrected chi connectivity index (χ2v) is 4.68. The fourth-order valence-corrected chi connectivity index (χ4v) is 1.96. The second-order valence-electron chi connectivity index (χ2n) is 4.68. The predicted molar refractivity (Wildman–Crippen MR) is 81.0 cm³/mol. The van der Waals surface area contributed by atoms with Gasteiger partial charge in [-0.1, -0.05) is 60.7 Å². The van der Waals surface area contributed by atoms with Gasteiger partial charge in [-0.3, -0.25) is 0 Å². The van der Waals surface area contributed by atoms with Crippen LogP contribution in [-0.2, 0) is 9.53 Å². The summed E-state index contributed by atoms with van der Waals surface area (Å²) in [5.74, 6) is -0.317. The van der Waals surface area contributed by atoms with Gasteiger partial charge < -0.3 is 4.74 Å². The van der Waals surface area contributed by atoms with Crippen molar-refractivity contribution in [3.63, 3.8) is 0 Å². The van der Waals surface area contributed by atoms with Gasteiger partial charge in [-0.05, 0) is 30.5 Å². The fourth-order valence-electron chi connectivity index (χ4n) is 1.96. The molecule has 102 valence electrons. The lowest BCUT2D eigenvalue weighted by Gasteiger charge is -2.12. The van der Waals surface area contributed by atoms with Crippen LogP contribution >= 0.6 is 0 Å². The molecule has 0 saturated carbocycles. The van der Waals surface area contributed by atoms with Crippen molar-refractivity contribution in [3.8, 4) is 0 Å². The average Bonchev–Trinajstić information content (AvgIpc) is 2.49. The molecule has 0 fully saturated rings. The Hall–Kier alpha value is -2.35. The average molecular weight is 266 g/mol. The van der Waals surface area contributed by atoms with Crippen LogP contribution in [-0.4, -0.2) is 5.97 Å². The molecule has 0 unspecified atom stereocenters. The van der Waals surface area contributed by atoms with E-state index in [-0.39, 0.29) is 12.1 Å².